The number of carbonyl (C=O) groups is 1. The Morgan fingerprint density at radius 3 is 2.86 bits per heavy atom. The molecule has 21 heavy (non-hydrogen) atoms. The minimum Gasteiger partial charge on any atom is -0.352 e. The van der Waals surface area contributed by atoms with Crippen LogP contribution in [0.3, 0.4) is 0 Å². The lowest BCUT2D eigenvalue weighted by atomic mass is 10.2. The molecule has 1 aromatic carbocycles. The van der Waals surface area contributed by atoms with E-state index in [9.17, 15) is 14.9 Å². The zero-order valence-corrected chi connectivity index (χ0v) is 11.8. The van der Waals surface area contributed by atoms with Crippen LogP contribution in [0.1, 0.15) is 22.1 Å². The molecule has 0 atom stereocenters. The van der Waals surface area contributed by atoms with Gasteiger partial charge < -0.3 is 9.84 Å². The Bertz CT molecular complexity index is 686. The summed E-state index contributed by atoms with van der Waals surface area (Å²) in [6.45, 7) is 1.99. The Labute approximate surface area is 124 Å². The molecule has 0 aliphatic heterocycles. The second kappa shape index (κ2) is 6.31. The van der Waals surface area contributed by atoms with Crippen molar-refractivity contribution in [2.24, 2.45) is 0 Å². The van der Waals surface area contributed by atoms with E-state index in [1.807, 2.05) is 0 Å². The Morgan fingerprint density at radius 2 is 2.29 bits per heavy atom. The van der Waals surface area contributed by atoms with Gasteiger partial charge in [0.05, 0.1) is 4.92 Å². The molecule has 0 spiro atoms. The van der Waals surface area contributed by atoms with Crippen molar-refractivity contribution in [2.45, 2.75) is 13.3 Å². The zero-order chi connectivity index (χ0) is 15.4. The molecule has 0 bridgehead atoms. The summed E-state index contributed by atoms with van der Waals surface area (Å²) in [6.07, 6.45) is 0.420. The second-order valence-corrected chi connectivity index (χ2v) is 4.57. The van der Waals surface area contributed by atoms with Gasteiger partial charge in [-0.2, -0.15) is 4.98 Å². The van der Waals surface area contributed by atoms with Crippen LogP contribution in [-0.4, -0.2) is 27.5 Å². The highest BCUT2D eigenvalue weighted by atomic mass is 35.5. The number of rotatable bonds is 5. The molecule has 0 unspecified atom stereocenters. The van der Waals surface area contributed by atoms with Crippen LogP contribution in [-0.2, 0) is 6.42 Å². The van der Waals surface area contributed by atoms with Gasteiger partial charge in [-0.05, 0) is 12.1 Å². The fourth-order valence-corrected chi connectivity index (χ4v) is 1.88. The largest absolute Gasteiger partial charge is 0.352 e. The van der Waals surface area contributed by atoms with Crippen molar-refractivity contribution < 1.29 is 14.2 Å². The number of halogens is 1. The number of nitro benzene ring substituents is 1. The lowest BCUT2D eigenvalue weighted by Gasteiger charge is -2.04. The molecule has 1 aromatic heterocycles. The molecule has 1 N–H and O–H groups in total. The highest BCUT2D eigenvalue weighted by Crippen LogP contribution is 2.24. The third-order valence-corrected chi connectivity index (χ3v) is 2.91. The van der Waals surface area contributed by atoms with Crippen LogP contribution in [0.15, 0.2) is 22.7 Å². The normalized spacial score (nSPS) is 10.4. The van der Waals surface area contributed by atoms with Crippen LogP contribution in [0.4, 0.5) is 5.69 Å². The van der Waals surface area contributed by atoms with Crippen molar-refractivity contribution >= 4 is 23.2 Å². The average Bonchev–Trinajstić information content (AvgIpc) is 2.83. The van der Waals surface area contributed by atoms with Gasteiger partial charge in [0.25, 0.3) is 11.6 Å². The monoisotopic (exact) mass is 310 g/mol. The van der Waals surface area contributed by atoms with Crippen molar-refractivity contribution in [3.05, 3.63) is 50.6 Å². The summed E-state index contributed by atoms with van der Waals surface area (Å²) in [7, 11) is 0. The molecule has 0 saturated heterocycles. The first-order chi connectivity index (χ1) is 9.97. The van der Waals surface area contributed by atoms with E-state index in [0.29, 0.717) is 24.7 Å². The predicted molar refractivity (Wildman–Crippen MR) is 73.2 cm³/mol. The van der Waals surface area contributed by atoms with Crippen LogP contribution in [0.5, 0.6) is 0 Å². The second-order valence-electron chi connectivity index (χ2n) is 4.16. The summed E-state index contributed by atoms with van der Waals surface area (Å²) in [5, 5.41) is 16.9. The Balaban J connectivity index is 1.94. The third-order valence-electron chi connectivity index (χ3n) is 2.61. The SMILES string of the molecule is Cc1nc(CCNC(=O)c2ccc([N+](=O)[O-])c(Cl)c2)no1. The van der Waals surface area contributed by atoms with E-state index >= 15 is 0 Å². The number of hydrogen-bond donors (Lipinski definition) is 1. The summed E-state index contributed by atoms with van der Waals surface area (Å²) in [4.78, 5) is 25.9. The minimum atomic E-state index is -0.609. The first-order valence-corrected chi connectivity index (χ1v) is 6.36. The number of nitro groups is 1. The van der Waals surface area contributed by atoms with E-state index in [4.69, 9.17) is 16.1 Å². The summed E-state index contributed by atoms with van der Waals surface area (Å²) in [5.74, 6) is 0.569. The van der Waals surface area contributed by atoms with E-state index in [1.54, 1.807) is 6.92 Å². The molecule has 2 aromatic rings. The van der Waals surface area contributed by atoms with Crippen LogP contribution in [0.25, 0.3) is 0 Å². The number of aromatic nitrogens is 2. The highest BCUT2D eigenvalue weighted by Gasteiger charge is 2.15. The van der Waals surface area contributed by atoms with Crippen LogP contribution >= 0.6 is 11.6 Å². The number of carbonyl (C=O) groups excluding carboxylic acids is 1. The smallest absolute Gasteiger partial charge is 0.287 e. The standard InChI is InChI=1S/C12H11ClN4O4/c1-7-15-11(16-21-7)4-5-14-12(18)8-2-3-10(17(19)20)9(13)6-8/h2-3,6H,4-5H2,1H3,(H,14,18). The van der Waals surface area contributed by atoms with Crippen LogP contribution in [0, 0.1) is 17.0 Å². The number of nitrogens with zero attached hydrogens (tertiary/aromatic N) is 3. The van der Waals surface area contributed by atoms with Gasteiger partial charge in [0, 0.05) is 31.5 Å². The van der Waals surface area contributed by atoms with Crippen LogP contribution < -0.4 is 5.32 Å². The van der Waals surface area contributed by atoms with Crippen molar-refractivity contribution in [1.82, 2.24) is 15.5 Å². The number of nitrogens with one attached hydrogen (secondary N) is 1. The molecular formula is C12H11ClN4O4. The van der Waals surface area contributed by atoms with Gasteiger partial charge >= 0.3 is 0 Å². The number of hydrogen-bond acceptors (Lipinski definition) is 6. The molecule has 0 radical (unpaired) electrons. The van der Waals surface area contributed by atoms with Crippen LogP contribution in [0.2, 0.25) is 5.02 Å². The quantitative estimate of drug-likeness (QED) is 0.667. The van der Waals surface area contributed by atoms with Gasteiger partial charge in [-0.25, -0.2) is 0 Å². The van der Waals surface area contributed by atoms with Gasteiger partial charge in [-0.3, -0.25) is 14.9 Å². The number of amides is 1. The molecule has 8 nitrogen and oxygen atoms in total. The maximum absolute atomic E-state index is 11.9. The van der Waals surface area contributed by atoms with Crippen molar-refractivity contribution in [1.29, 1.82) is 0 Å². The molecule has 2 rings (SSSR count). The summed E-state index contributed by atoms with van der Waals surface area (Å²) in [5.41, 5.74) is 0.00498. The van der Waals surface area contributed by atoms with E-state index in [2.05, 4.69) is 15.5 Å². The topological polar surface area (TPSA) is 111 Å². The summed E-state index contributed by atoms with van der Waals surface area (Å²) < 4.78 is 4.80. The average molecular weight is 311 g/mol. The molecule has 0 aliphatic rings. The maximum Gasteiger partial charge on any atom is 0.287 e. The first-order valence-electron chi connectivity index (χ1n) is 5.98. The summed E-state index contributed by atoms with van der Waals surface area (Å²) >= 11 is 5.75. The molecular weight excluding hydrogens is 300 g/mol. The first kappa shape index (κ1) is 14.9. The molecule has 1 heterocycles. The number of benzene rings is 1. The van der Waals surface area contributed by atoms with E-state index < -0.39 is 4.92 Å². The molecule has 9 heteroatoms. The van der Waals surface area contributed by atoms with E-state index in [1.165, 1.54) is 18.2 Å². The Hall–Kier alpha value is -2.48. The lowest BCUT2D eigenvalue weighted by molar-refractivity contribution is -0.384. The highest BCUT2D eigenvalue weighted by molar-refractivity contribution is 6.33. The summed E-state index contributed by atoms with van der Waals surface area (Å²) in [6, 6.07) is 3.80. The molecule has 0 fully saturated rings. The molecule has 1 amide bonds. The molecule has 0 saturated carbocycles. The lowest BCUT2D eigenvalue weighted by Crippen LogP contribution is -2.26. The number of aryl methyl sites for hydroxylation is 1. The molecule has 110 valence electrons. The van der Waals surface area contributed by atoms with E-state index in [0.717, 1.165) is 0 Å². The fraction of sp³-hybridized carbons (Fsp3) is 0.250. The van der Waals surface area contributed by atoms with Crippen molar-refractivity contribution in [2.75, 3.05) is 6.54 Å². The minimum absolute atomic E-state index is 0.0820. The Morgan fingerprint density at radius 1 is 1.52 bits per heavy atom. The Kier molecular flexibility index (Phi) is 4.49. The predicted octanol–water partition coefficient (Wildman–Crippen LogP) is 1.91. The van der Waals surface area contributed by atoms with Crippen molar-refractivity contribution in [3.8, 4) is 0 Å². The van der Waals surface area contributed by atoms with E-state index in [-0.39, 0.29) is 22.2 Å². The molecule has 0 aliphatic carbocycles. The van der Waals surface area contributed by atoms with Gasteiger partial charge in [-0.15, -0.1) is 0 Å². The van der Waals surface area contributed by atoms with Gasteiger partial charge in [0.15, 0.2) is 5.82 Å². The van der Waals surface area contributed by atoms with Gasteiger partial charge in [-0.1, -0.05) is 16.8 Å². The van der Waals surface area contributed by atoms with Crippen molar-refractivity contribution in [3.63, 3.8) is 0 Å². The van der Waals surface area contributed by atoms with Gasteiger partial charge in [0.2, 0.25) is 5.89 Å². The van der Waals surface area contributed by atoms with Gasteiger partial charge in [0.1, 0.15) is 5.02 Å². The zero-order valence-electron chi connectivity index (χ0n) is 11.0. The fourth-order valence-electron chi connectivity index (χ4n) is 1.63. The maximum atomic E-state index is 11.9. The third kappa shape index (κ3) is 3.76.